The van der Waals surface area contributed by atoms with Gasteiger partial charge in [-0.05, 0) is 56.3 Å². The maximum atomic E-state index is 12.2. The van der Waals surface area contributed by atoms with Gasteiger partial charge in [-0.1, -0.05) is 29.8 Å². The topological polar surface area (TPSA) is 67.6 Å². The Labute approximate surface area is 174 Å². The first kappa shape index (κ1) is 19.7. The second kappa shape index (κ2) is 9.29. The summed E-state index contributed by atoms with van der Waals surface area (Å²) in [6.45, 7) is 3.05. The van der Waals surface area contributed by atoms with E-state index in [1.54, 1.807) is 0 Å². The average molecular weight is 414 g/mol. The highest BCUT2D eigenvalue weighted by Crippen LogP contribution is 2.30. The van der Waals surface area contributed by atoms with Crippen LogP contribution >= 0.6 is 11.6 Å². The summed E-state index contributed by atoms with van der Waals surface area (Å²) in [5.74, 6) is 1.88. The number of carbonyl (C=O) groups excluding carboxylic acids is 1. The summed E-state index contributed by atoms with van der Waals surface area (Å²) < 4.78 is 11.5. The molecule has 1 N–H and O–H groups in total. The lowest BCUT2D eigenvalue weighted by Crippen LogP contribution is -2.42. The van der Waals surface area contributed by atoms with Crippen LogP contribution in [0.4, 0.5) is 0 Å². The molecule has 152 valence electrons. The van der Waals surface area contributed by atoms with E-state index in [1.807, 2.05) is 48.5 Å². The van der Waals surface area contributed by atoms with Gasteiger partial charge in [0, 0.05) is 10.9 Å². The fraction of sp³-hybridized carbons (Fsp3) is 0.364. The number of amides is 1. The Kier molecular flexibility index (Phi) is 6.32. The van der Waals surface area contributed by atoms with E-state index in [9.17, 15) is 4.79 Å². The van der Waals surface area contributed by atoms with Crippen LogP contribution < -0.4 is 10.1 Å². The Bertz CT molecular complexity index is 952. The van der Waals surface area contributed by atoms with E-state index in [2.05, 4.69) is 15.2 Å². The van der Waals surface area contributed by atoms with Crippen LogP contribution in [0.15, 0.2) is 52.9 Å². The SMILES string of the molecule is O=C(CN1CCC(c2nc3cc(Cl)ccc3o2)CC1)NCCOc1ccccc1. The Morgan fingerprint density at radius 1 is 1.21 bits per heavy atom. The number of halogens is 1. The van der Waals surface area contributed by atoms with E-state index in [0.717, 1.165) is 48.7 Å². The van der Waals surface area contributed by atoms with Gasteiger partial charge in [0.25, 0.3) is 0 Å². The number of nitrogens with zero attached hydrogens (tertiary/aromatic N) is 2. The smallest absolute Gasteiger partial charge is 0.234 e. The van der Waals surface area contributed by atoms with Gasteiger partial charge in [-0.3, -0.25) is 9.69 Å². The molecule has 4 rings (SSSR count). The van der Waals surface area contributed by atoms with Crippen molar-refractivity contribution in [3.8, 4) is 5.75 Å². The van der Waals surface area contributed by atoms with Gasteiger partial charge in [0.05, 0.1) is 13.1 Å². The van der Waals surface area contributed by atoms with E-state index >= 15 is 0 Å². The number of fused-ring (bicyclic) bond motifs is 1. The van der Waals surface area contributed by atoms with E-state index < -0.39 is 0 Å². The number of hydrogen-bond acceptors (Lipinski definition) is 5. The first-order chi connectivity index (χ1) is 14.2. The van der Waals surface area contributed by atoms with Crippen molar-refractivity contribution < 1.29 is 13.9 Å². The molecule has 0 atom stereocenters. The largest absolute Gasteiger partial charge is 0.492 e. The molecule has 3 aromatic rings. The number of ether oxygens (including phenoxy) is 1. The summed E-state index contributed by atoms with van der Waals surface area (Å²) in [6.07, 6.45) is 1.84. The highest BCUT2D eigenvalue weighted by Gasteiger charge is 2.25. The standard InChI is InChI=1S/C22H24ClN3O3/c23-17-6-7-20-19(14-17)25-22(29-20)16-8-11-26(12-9-16)15-21(27)24-10-13-28-18-4-2-1-3-5-18/h1-7,14,16H,8-13,15H2,(H,24,27). The lowest BCUT2D eigenvalue weighted by molar-refractivity contribution is -0.122. The fourth-order valence-electron chi connectivity index (χ4n) is 3.57. The van der Waals surface area contributed by atoms with E-state index in [-0.39, 0.29) is 11.8 Å². The number of piperidine rings is 1. The summed E-state index contributed by atoms with van der Waals surface area (Å²) in [4.78, 5) is 18.9. The second-order valence-corrected chi connectivity index (χ2v) is 7.66. The normalized spacial score (nSPS) is 15.5. The number of aromatic nitrogens is 1. The van der Waals surface area contributed by atoms with Crippen molar-refractivity contribution in [1.29, 1.82) is 0 Å². The molecular weight excluding hydrogens is 390 g/mol. The third-order valence-corrected chi connectivity index (χ3v) is 5.34. The predicted molar refractivity (Wildman–Crippen MR) is 112 cm³/mol. The van der Waals surface area contributed by atoms with Crippen LogP contribution in [-0.4, -0.2) is 48.6 Å². The molecule has 1 aliphatic heterocycles. The molecule has 29 heavy (non-hydrogen) atoms. The number of likely N-dealkylation sites (tertiary alicyclic amines) is 1. The minimum atomic E-state index is 0.0246. The van der Waals surface area contributed by atoms with Crippen molar-refractivity contribution in [1.82, 2.24) is 15.2 Å². The fourth-order valence-corrected chi connectivity index (χ4v) is 3.73. The Hall–Kier alpha value is -2.57. The van der Waals surface area contributed by atoms with Crippen LogP contribution in [0.1, 0.15) is 24.7 Å². The molecule has 1 fully saturated rings. The number of carbonyl (C=O) groups is 1. The van der Waals surface area contributed by atoms with Crippen LogP contribution in [0.5, 0.6) is 5.75 Å². The molecule has 6 nitrogen and oxygen atoms in total. The molecule has 1 saturated heterocycles. The number of rotatable bonds is 7. The maximum absolute atomic E-state index is 12.2. The van der Waals surface area contributed by atoms with Crippen LogP contribution in [0, 0.1) is 0 Å². The Morgan fingerprint density at radius 2 is 2.00 bits per heavy atom. The zero-order valence-corrected chi connectivity index (χ0v) is 16.9. The molecule has 0 unspecified atom stereocenters. The molecule has 0 aliphatic carbocycles. The lowest BCUT2D eigenvalue weighted by Gasteiger charge is -2.29. The van der Waals surface area contributed by atoms with Crippen molar-refractivity contribution >= 4 is 28.6 Å². The van der Waals surface area contributed by atoms with Crippen molar-refractivity contribution in [2.45, 2.75) is 18.8 Å². The molecular formula is C22H24ClN3O3. The number of benzene rings is 2. The molecule has 0 radical (unpaired) electrons. The van der Waals surface area contributed by atoms with Gasteiger partial charge in [0.1, 0.15) is 17.9 Å². The third-order valence-electron chi connectivity index (χ3n) is 5.11. The summed E-state index contributed by atoms with van der Waals surface area (Å²) in [5.41, 5.74) is 1.57. The molecule has 2 heterocycles. The minimum absolute atomic E-state index is 0.0246. The molecule has 0 saturated carbocycles. The highest BCUT2D eigenvalue weighted by atomic mass is 35.5. The Balaban J connectivity index is 1.18. The number of nitrogens with one attached hydrogen (secondary N) is 1. The van der Waals surface area contributed by atoms with Crippen LogP contribution in [0.25, 0.3) is 11.1 Å². The minimum Gasteiger partial charge on any atom is -0.492 e. The molecule has 0 bridgehead atoms. The summed E-state index contributed by atoms with van der Waals surface area (Å²) in [6, 6.07) is 15.1. The van der Waals surface area contributed by atoms with Crippen molar-refractivity contribution in [2.75, 3.05) is 32.8 Å². The summed E-state index contributed by atoms with van der Waals surface area (Å²) in [5, 5.41) is 3.58. The number of oxazole rings is 1. The monoisotopic (exact) mass is 413 g/mol. The quantitative estimate of drug-likeness (QED) is 0.596. The number of para-hydroxylation sites is 1. The summed E-state index contributed by atoms with van der Waals surface area (Å²) >= 11 is 6.02. The van der Waals surface area contributed by atoms with Gasteiger partial charge in [-0.25, -0.2) is 4.98 Å². The van der Waals surface area contributed by atoms with Gasteiger partial charge in [-0.15, -0.1) is 0 Å². The van der Waals surface area contributed by atoms with Gasteiger partial charge < -0.3 is 14.5 Å². The van der Waals surface area contributed by atoms with Crippen LogP contribution in [-0.2, 0) is 4.79 Å². The van der Waals surface area contributed by atoms with Crippen molar-refractivity contribution in [2.24, 2.45) is 0 Å². The maximum Gasteiger partial charge on any atom is 0.234 e. The van der Waals surface area contributed by atoms with Gasteiger partial charge in [-0.2, -0.15) is 0 Å². The first-order valence-electron chi connectivity index (χ1n) is 9.90. The zero-order valence-electron chi connectivity index (χ0n) is 16.1. The second-order valence-electron chi connectivity index (χ2n) is 7.23. The van der Waals surface area contributed by atoms with Crippen LogP contribution in [0.3, 0.4) is 0 Å². The zero-order chi connectivity index (χ0) is 20.1. The van der Waals surface area contributed by atoms with E-state index in [4.69, 9.17) is 20.8 Å². The lowest BCUT2D eigenvalue weighted by atomic mass is 9.97. The van der Waals surface area contributed by atoms with Gasteiger partial charge in [0.2, 0.25) is 5.91 Å². The van der Waals surface area contributed by atoms with Crippen molar-refractivity contribution in [3.63, 3.8) is 0 Å². The molecule has 0 spiro atoms. The third kappa shape index (κ3) is 5.28. The van der Waals surface area contributed by atoms with E-state index in [0.29, 0.717) is 24.7 Å². The van der Waals surface area contributed by atoms with Crippen molar-refractivity contribution in [3.05, 3.63) is 59.4 Å². The molecule has 1 amide bonds. The molecule has 2 aromatic carbocycles. The molecule has 1 aromatic heterocycles. The highest BCUT2D eigenvalue weighted by molar-refractivity contribution is 6.31. The van der Waals surface area contributed by atoms with Gasteiger partial charge >= 0.3 is 0 Å². The van der Waals surface area contributed by atoms with E-state index in [1.165, 1.54) is 0 Å². The summed E-state index contributed by atoms with van der Waals surface area (Å²) in [7, 11) is 0. The first-order valence-corrected chi connectivity index (χ1v) is 10.3. The number of hydrogen-bond donors (Lipinski definition) is 1. The average Bonchev–Trinajstić information content (AvgIpc) is 3.16. The Morgan fingerprint density at radius 3 is 2.79 bits per heavy atom. The molecule has 7 heteroatoms. The predicted octanol–water partition coefficient (Wildman–Crippen LogP) is 3.86. The van der Waals surface area contributed by atoms with Gasteiger partial charge in [0.15, 0.2) is 11.5 Å². The van der Waals surface area contributed by atoms with Crippen LogP contribution in [0.2, 0.25) is 5.02 Å². The molecule has 1 aliphatic rings.